The zero-order valence-corrected chi connectivity index (χ0v) is 9.61. The van der Waals surface area contributed by atoms with Gasteiger partial charge in [-0.2, -0.15) is 10.2 Å². The van der Waals surface area contributed by atoms with Crippen LogP contribution in [0.25, 0.3) is 10.8 Å². The molecule has 0 aliphatic carbocycles. The summed E-state index contributed by atoms with van der Waals surface area (Å²) in [6, 6.07) is 0. The van der Waals surface area contributed by atoms with Gasteiger partial charge < -0.3 is 4.74 Å². The molecule has 6 nitrogen and oxygen atoms in total. The molecule has 0 saturated carbocycles. The minimum Gasteiger partial charge on any atom is -0.479 e. The Labute approximate surface area is 91.9 Å². The highest BCUT2D eigenvalue weighted by atomic mass is 16.5. The van der Waals surface area contributed by atoms with Crippen molar-refractivity contribution in [2.75, 3.05) is 7.11 Å². The summed E-state index contributed by atoms with van der Waals surface area (Å²) < 4.78 is 6.41. The third kappa shape index (κ3) is 1.34. The molecule has 0 amide bonds. The molecular weight excluding hydrogens is 208 g/mol. The fourth-order valence-electron chi connectivity index (χ4n) is 1.67. The molecule has 2 aromatic rings. The van der Waals surface area contributed by atoms with Crippen molar-refractivity contribution in [3.63, 3.8) is 0 Å². The highest BCUT2D eigenvalue weighted by molar-refractivity contribution is 5.89. The van der Waals surface area contributed by atoms with Crippen LogP contribution in [0.2, 0.25) is 0 Å². The summed E-state index contributed by atoms with van der Waals surface area (Å²) in [6.45, 7) is 3.52. The molecule has 2 aromatic heterocycles. The van der Waals surface area contributed by atoms with Crippen molar-refractivity contribution in [2.24, 2.45) is 7.05 Å². The Morgan fingerprint density at radius 1 is 1.12 bits per heavy atom. The van der Waals surface area contributed by atoms with Crippen molar-refractivity contribution in [1.29, 1.82) is 0 Å². The summed E-state index contributed by atoms with van der Waals surface area (Å²) >= 11 is 0. The second kappa shape index (κ2) is 3.55. The number of ether oxygens (including phenoxy) is 1. The maximum atomic E-state index is 11.9. The van der Waals surface area contributed by atoms with Crippen molar-refractivity contribution < 1.29 is 4.74 Å². The van der Waals surface area contributed by atoms with Gasteiger partial charge in [0.05, 0.1) is 29.3 Å². The SMILES string of the molecule is COc1nn(C)c(=O)c2c(C)nnc(C)c12. The van der Waals surface area contributed by atoms with Gasteiger partial charge >= 0.3 is 0 Å². The van der Waals surface area contributed by atoms with Gasteiger partial charge in [-0.15, -0.1) is 5.10 Å². The molecule has 6 heteroatoms. The van der Waals surface area contributed by atoms with Crippen LogP contribution >= 0.6 is 0 Å². The predicted octanol–water partition coefficient (Wildman–Crippen LogP) is 0.349. The second-order valence-corrected chi connectivity index (χ2v) is 3.56. The average molecular weight is 220 g/mol. The third-order valence-electron chi connectivity index (χ3n) is 2.48. The lowest BCUT2D eigenvalue weighted by molar-refractivity contribution is 0.388. The molecule has 0 aliphatic rings. The van der Waals surface area contributed by atoms with Crippen molar-refractivity contribution >= 4 is 10.8 Å². The highest BCUT2D eigenvalue weighted by Gasteiger charge is 2.15. The fourth-order valence-corrected chi connectivity index (χ4v) is 1.67. The monoisotopic (exact) mass is 220 g/mol. The first-order chi connectivity index (χ1) is 7.56. The van der Waals surface area contributed by atoms with Crippen molar-refractivity contribution in [3.05, 3.63) is 21.7 Å². The van der Waals surface area contributed by atoms with Gasteiger partial charge in [-0.3, -0.25) is 4.79 Å². The van der Waals surface area contributed by atoms with Gasteiger partial charge in [0.1, 0.15) is 0 Å². The minimum absolute atomic E-state index is 0.189. The molecular formula is C10H12N4O2. The van der Waals surface area contributed by atoms with Crippen molar-refractivity contribution in [1.82, 2.24) is 20.0 Å². The Hall–Kier alpha value is -1.98. The predicted molar refractivity (Wildman–Crippen MR) is 58.6 cm³/mol. The molecule has 0 unspecified atom stereocenters. The first-order valence-electron chi connectivity index (χ1n) is 4.81. The smallest absolute Gasteiger partial charge is 0.276 e. The van der Waals surface area contributed by atoms with E-state index < -0.39 is 0 Å². The first-order valence-corrected chi connectivity index (χ1v) is 4.81. The molecule has 0 bridgehead atoms. The number of hydrogen-bond acceptors (Lipinski definition) is 5. The third-order valence-corrected chi connectivity index (χ3v) is 2.48. The average Bonchev–Trinajstić information content (AvgIpc) is 2.27. The molecule has 16 heavy (non-hydrogen) atoms. The van der Waals surface area contributed by atoms with Gasteiger partial charge in [0.25, 0.3) is 5.56 Å². The Balaban J connectivity index is 3.10. The first kappa shape index (κ1) is 10.5. The Kier molecular flexibility index (Phi) is 2.34. The van der Waals surface area contributed by atoms with Crippen LogP contribution in [0.15, 0.2) is 4.79 Å². The zero-order chi connectivity index (χ0) is 11.9. The van der Waals surface area contributed by atoms with Crippen LogP contribution in [0.5, 0.6) is 5.88 Å². The number of rotatable bonds is 1. The van der Waals surface area contributed by atoms with E-state index >= 15 is 0 Å². The Morgan fingerprint density at radius 2 is 1.69 bits per heavy atom. The summed E-state index contributed by atoms with van der Waals surface area (Å²) in [5.74, 6) is 0.396. The van der Waals surface area contributed by atoms with E-state index in [1.807, 2.05) is 0 Å². The maximum absolute atomic E-state index is 11.9. The van der Waals surface area contributed by atoms with Gasteiger partial charge in [0.15, 0.2) is 0 Å². The molecule has 0 aliphatic heterocycles. The quantitative estimate of drug-likeness (QED) is 0.693. The van der Waals surface area contributed by atoms with E-state index in [0.29, 0.717) is 28.0 Å². The topological polar surface area (TPSA) is 69.9 Å². The molecule has 84 valence electrons. The molecule has 0 atom stereocenters. The van der Waals surface area contributed by atoms with Crippen LogP contribution in [0.4, 0.5) is 0 Å². The number of fused-ring (bicyclic) bond motifs is 1. The van der Waals surface area contributed by atoms with Crippen LogP contribution in [0.1, 0.15) is 11.4 Å². The lowest BCUT2D eigenvalue weighted by Crippen LogP contribution is -2.22. The van der Waals surface area contributed by atoms with Gasteiger partial charge in [0.2, 0.25) is 5.88 Å². The van der Waals surface area contributed by atoms with Crippen LogP contribution in [-0.4, -0.2) is 27.1 Å². The number of nitrogens with zero attached hydrogens (tertiary/aromatic N) is 4. The number of methoxy groups -OCH3 is 1. The minimum atomic E-state index is -0.189. The van der Waals surface area contributed by atoms with Crippen LogP contribution in [0, 0.1) is 13.8 Å². The lowest BCUT2D eigenvalue weighted by atomic mass is 10.1. The Morgan fingerprint density at radius 3 is 2.25 bits per heavy atom. The largest absolute Gasteiger partial charge is 0.479 e. The molecule has 0 saturated heterocycles. The number of aryl methyl sites for hydroxylation is 3. The van der Waals surface area contributed by atoms with E-state index in [1.165, 1.54) is 11.8 Å². The lowest BCUT2D eigenvalue weighted by Gasteiger charge is -2.08. The summed E-state index contributed by atoms with van der Waals surface area (Å²) in [6.07, 6.45) is 0. The van der Waals surface area contributed by atoms with Gasteiger partial charge in [-0.05, 0) is 13.8 Å². The summed E-state index contributed by atoms with van der Waals surface area (Å²) in [4.78, 5) is 11.9. The van der Waals surface area contributed by atoms with E-state index in [2.05, 4.69) is 15.3 Å². The summed E-state index contributed by atoms with van der Waals surface area (Å²) in [5, 5.41) is 13.1. The molecule has 2 rings (SSSR count). The van der Waals surface area contributed by atoms with E-state index in [0.717, 1.165) is 0 Å². The molecule has 0 N–H and O–H groups in total. The number of aromatic nitrogens is 4. The van der Waals surface area contributed by atoms with Crippen LogP contribution in [-0.2, 0) is 7.05 Å². The molecule has 0 radical (unpaired) electrons. The van der Waals surface area contributed by atoms with Crippen molar-refractivity contribution in [3.8, 4) is 5.88 Å². The van der Waals surface area contributed by atoms with Gasteiger partial charge in [0, 0.05) is 7.05 Å². The number of hydrogen-bond donors (Lipinski definition) is 0. The highest BCUT2D eigenvalue weighted by Crippen LogP contribution is 2.23. The van der Waals surface area contributed by atoms with Crippen LogP contribution < -0.4 is 10.3 Å². The normalized spacial score (nSPS) is 10.8. The van der Waals surface area contributed by atoms with Gasteiger partial charge in [-0.1, -0.05) is 0 Å². The van der Waals surface area contributed by atoms with E-state index in [4.69, 9.17) is 4.74 Å². The van der Waals surface area contributed by atoms with E-state index in [9.17, 15) is 4.79 Å². The summed E-state index contributed by atoms with van der Waals surface area (Å²) in [7, 11) is 3.10. The fraction of sp³-hybridized carbons (Fsp3) is 0.400. The summed E-state index contributed by atoms with van der Waals surface area (Å²) in [5.41, 5.74) is 1.04. The van der Waals surface area contributed by atoms with Crippen molar-refractivity contribution in [2.45, 2.75) is 13.8 Å². The van der Waals surface area contributed by atoms with E-state index in [-0.39, 0.29) is 5.56 Å². The zero-order valence-electron chi connectivity index (χ0n) is 9.61. The molecule has 0 aromatic carbocycles. The van der Waals surface area contributed by atoms with Crippen LogP contribution in [0.3, 0.4) is 0 Å². The molecule has 0 fully saturated rings. The second-order valence-electron chi connectivity index (χ2n) is 3.56. The Bertz CT molecular complexity index is 618. The molecule has 0 spiro atoms. The van der Waals surface area contributed by atoms with Gasteiger partial charge in [-0.25, -0.2) is 4.68 Å². The van der Waals surface area contributed by atoms with E-state index in [1.54, 1.807) is 20.9 Å². The maximum Gasteiger partial charge on any atom is 0.276 e. The standard InChI is InChI=1S/C10H12N4O2/c1-5-7-8(6(2)12-11-5)10(15)14(3)13-9(7)16-4/h1-4H3. The molecule has 2 heterocycles.